The normalized spacial score (nSPS) is 11.6. The van der Waals surface area contributed by atoms with Gasteiger partial charge in [-0.05, 0) is 48.6 Å². The Morgan fingerprint density at radius 3 is 2.53 bits per heavy atom. The van der Waals surface area contributed by atoms with Crippen molar-refractivity contribution in [2.45, 2.75) is 19.3 Å². The standard InChI is InChI=1S/C21H23FN3O6P/c1-25-16-11-14(10-13-4-6-15(22)7-5-13)12-24-18(16)19(26)17(21(25)28)20(27)23-8-2-3-9-32(29,30)31/h4-7,11-12,26H,2-3,8-10H2,1H3,(H,23,27)(H2,29,30,31). The minimum atomic E-state index is -4.10. The molecule has 0 aliphatic heterocycles. The summed E-state index contributed by atoms with van der Waals surface area (Å²) in [5.74, 6) is -1.67. The second kappa shape index (κ2) is 9.60. The molecule has 170 valence electrons. The van der Waals surface area contributed by atoms with Gasteiger partial charge in [-0.25, -0.2) is 4.39 Å². The number of unbranched alkanes of at least 4 members (excludes halogenated alkanes) is 1. The number of carbonyl (C=O) groups is 1. The summed E-state index contributed by atoms with van der Waals surface area (Å²) >= 11 is 0. The van der Waals surface area contributed by atoms with E-state index in [1.54, 1.807) is 18.2 Å². The molecule has 0 unspecified atom stereocenters. The lowest BCUT2D eigenvalue weighted by molar-refractivity contribution is 0.0948. The van der Waals surface area contributed by atoms with Gasteiger partial charge < -0.3 is 24.8 Å². The number of nitrogens with zero attached hydrogens (tertiary/aromatic N) is 2. The van der Waals surface area contributed by atoms with E-state index in [1.165, 1.54) is 29.9 Å². The Kier molecular flexibility index (Phi) is 7.08. The highest BCUT2D eigenvalue weighted by Gasteiger charge is 2.22. The highest BCUT2D eigenvalue weighted by molar-refractivity contribution is 7.51. The molecule has 0 atom stereocenters. The van der Waals surface area contributed by atoms with Crippen LogP contribution in [0, 0.1) is 5.82 Å². The summed E-state index contributed by atoms with van der Waals surface area (Å²) in [5.41, 5.74) is 0.849. The Morgan fingerprint density at radius 2 is 1.88 bits per heavy atom. The molecular weight excluding hydrogens is 440 g/mol. The number of aryl methyl sites for hydroxylation is 1. The SMILES string of the molecule is Cn1c(=O)c(C(=O)NCCCCP(=O)(O)O)c(O)c2ncc(Cc3ccc(F)cc3)cc21. The molecule has 3 aromatic rings. The molecule has 32 heavy (non-hydrogen) atoms. The molecule has 2 heterocycles. The van der Waals surface area contributed by atoms with E-state index in [4.69, 9.17) is 9.79 Å². The molecule has 0 aliphatic rings. The Morgan fingerprint density at radius 1 is 1.19 bits per heavy atom. The molecule has 0 fully saturated rings. The number of carbonyl (C=O) groups excluding carboxylic acids is 1. The minimum absolute atomic E-state index is 0.0848. The number of halogens is 1. The molecule has 2 aromatic heterocycles. The molecule has 11 heteroatoms. The minimum Gasteiger partial charge on any atom is -0.505 e. The summed E-state index contributed by atoms with van der Waals surface area (Å²) in [6.45, 7) is 0.0868. The largest absolute Gasteiger partial charge is 0.505 e. The van der Waals surface area contributed by atoms with Crippen molar-refractivity contribution in [2.24, 2.45) is 7.05 Å². The van der Waals surface area contributed by atoms with E-state index in [9.17, 15) is 23.7 Å². The van der Waals surface area contributed by atoms with Crippen LogP contribution in [0.2, 0.25) is 0 Å². The second-order valence-corrected chi connectivity index (χ2v) is 9.23. The number of benzene rings is 1. The average Bonchev–Trinajstić information content (AvgIpc) is 2.73. The zero-order chi connectivity index (χ0) is 23.5. The smallest absolute Gasteiger partial charge is 0.325 e. The van der Waals surface area contributed by atoms with Crippen LogP contribution in [0.1, 0.15) is 34.3 Å². The van der Waals surface area contributed by atoms with Crippen LogP contribution in [-0.4, -0.2) is 43.1 Å². The molecule has 0 saturated carbocycles. The third kappa shape index (κ3) is 5.59. The number of hydrogen-bond donors (Lipinski definition) is 4. The first-order valence-corrected chi connectivity index (χ1v) is 11.6. The summed E-state index contributed by atoms with van der Waals surface area (Å²) in [5, 5.41) is 13.0. The van der Waals surface area contributed by atoms with Crippen molar-refractivity contribution < 1.29 is 28.6 Å². The van der Waals surface area contributed by atoms with Gasteiger partial charge in [0.2, 0.25) is 0 Å². The number of rotatable bonds is 8. The Hall–Kier alpha value is -3.07. The lowest BCUT2D eigenvalue weighted by atomic mass is 10.1. The molecule has 0 saturated heterocycles. The van der Waals surface area contributed by atoms with Crippen molar-refractivity contribution in [1.82, 2.24) is 14.9 Å². The van der Waals surface area contributed by atoms with E-state index in [0.717, 1.165) is 11.1 Å². The number of pyridine rings is 2. The third-order valence-corrected chi connectivity index (χ3v) is 5.87. The van der Waals surface area contributed by atoms with Crippen LogP contribution in [0.4, 0.5) is 4.39 Å². The van der Waals surface area contributed by atoms with Gasteiger partial charge in [0.15, 0.2) is 5.75 Å². The Bertz CT molecular complexity index is 1250. The first kappa shape index (κ1) is 23.6. The summed E-state index contributed by atoms with van der Waals surface area (Å²) in [6.07, 6.45) is 2.16. The van der Waals surface area contributed by atoms with Gasteiger partial charge in [-0.1, -0.05) is 12.1 Å². The molecule has 0 spiro atoms. The van der Waals surface area contributed by atoms with Gasteiger partial charge in [-0.2, -0.15) is 0 Å². The van der Waals surface area contributed by atoms with Crippen molar-refractivity contribution in [3.8, 4) is 5.75 Å². The fraction of sp³-hybridized carbons (Fsp3) is 0.286. The van der Waals surface area contributed by atoms with Gasteiger partial charge in [0.25, 0.3) is 11.5 Å². The molecule has 3 rings (SSSR count). The van der Waals surface area contributed by atoms with Gasteiger partial charge >= 0.3 is 7.60 Å². The molecule has 9 nitrogen and oxygen atoms in total. The molecular formula is C21H23FN3O6P. The van der Waals surface area contributed by atoms with Gasteiger partial charge in [0.05, 0.1) is 5.52 Å². The summed E-state index contributed by atoms with van der Waals surface area (Å²) in [4.78, 5) is 47.1. The van der Waals surface area contributed by atoms with Crippen LogP contribution < -0.4 is 10.9 Å². The number of nitrogens with one attached hydrogen (secondary N) is 1. The summed E-state index contributed by atoms with van der Waals surface area (Å²) < 4.78 is 25.2. The van der Waals surface area contributed by atoms with Gasteiger partial charge in [-0.15, -0.1) is 0 Å². The predicted octanol–water partition coefficient (Wildman–Crippen LogP) is 2.06. The fourth-order valence-corrected chi connectivity index (χ4v) is 3.94. The van der Waals surface area contributed by atoms with Crippen LogP contribution in [0.25, 0.3) is 11.0 Å². The second-order valence-electron chi connectivity index (χ2n) is 7.45. The maximum atomic E-state index is 13.1. The Labute approximate surface area is 182 Å². The maximum Gasteiger partial charge on any atom is 0.325 e. The first-order chi connectivity index (χ1) is 15.1. The zero-order valence-corrected chi connectivity index (χ0v) is 18.2. The third-order valence-electron chi connectivity index (χ3n) is 4.98. The van der Waals surface area contributed by atoms with Gasteiger partial charge in [0, 0.05) is 26.0 Å². The predicted molar refractivity (Wildman–Crippen MR) is 116 cm³/mol. The van der Waals surface area contributed by atoms with Crippen LogP contribution in [0.5, 0.6) is 5.75 Å². The van der Waals surface area contributed by atoms with E-state index in [1.807, 2.05) is 0 Å². The Balaban J connectivity index is 1.81. The van der Waals surface area contributed by atoms with Crippen LogP contribution >= 0.6 is 7.60 Å². The molecule has 0 bridgehead atoms. The van der Waals surface area contributed by atoms with E-state index < -0.39 is 30.4 Å². The highest BCUT2D eigenvalue weighted by atomic mass is 31.2. The van der Waals surface area contributed by atoms with Crippen LogP contribution in [-0.2, 0) is 18.0 Å². The average molecular weight is 463 g/mol. The monoisotopic (exact) mass is 463 g/mol. The van der Waals surface area contributed by atoms with E-state index in [2.05, 4.69) is 10.3 Å². The lowest BCUT2D eigenvalue weighted by Crippen LogP contribution is -2.33. The maximum absolute atomic E-state index is 13.1. The molecule has 0 aliphatic carbocycles. The van der Waals surface area contributed by atoms with E-state index in [0.29, 0.717) is 18.4 Å². The van der Waals surface area contributed by atoms with E-state index in [-0.39, 0.29) is 30.5 Å². The quantitative estimate of drug-likeness (QED) is 0.296. The summed E-state index contributed by atoms with van der Waals surface area (Å²) in [6, 6.07) is 7.66. The first-order valence-electron chi connectivity index (χ1n) is 9.84. The van der Waals surface area contributed by atoms with Crippen molar-refractivity contribution in [3.05, 3.63) is 69.4 Å². The molecule has 0 radical (unpaired) electrons. The number of aromatic hydroxyl groups is 1. The topological polar surface area (TPSA) is 142 Å². The number of aromatic nitrogens is 2. The number of fused-ring (bicyclic) bond motifs is 1. The lowest BCUT2D eigenvalue weighted by Gasteiger charge is -2.13. The van der Waals surface area contributed by atoms with Crippen LogP contribution in [0.15, 0.2) is 41.3 Å². The number of hydrogen-bond acceptors (Lipinski definition) is 5. The molecule has 1 amide bonds. The van der Waals surface area contributed by atoms with E-state index >= 15 is 0 Å². The molecule has 4 N–H and O–H groups in total. The fourth-order valence-electron chi connectivity index (χ4n) is 3.30. The zero-order valence-electron chi connectivity index (χ0n) is 17.3. The summed E-state index contributed by atoms with van der Waals surface area (Å²) in [7, 11) is -2.63. The van der Waals surface area contributed by atoms with Crippen molar-refractivity contribution in [2.75, 3.05) is 12.7 Å². The van der Waals surface area contributed by atoms with Gasteiger partial charge in [0.1, 0.15) is 16.9 Å². The van der Waals surface area contributed by atoms with Crippen LogP contribution in [0.3, 0.4) is 0 Å². The van der Waals surface area contributed by atoms with Crippen molar-refractivity contribution in [3.63, 3.8) is 0 Å². The van der Waals surface area contributed by atoms with Crippen molar-refractivity contribution in [1.29, 1.82) is 0 Å². The molecule has 1 aromatic carbocycles. The highest BCUT2D eigenvalue weighted by Crippen LogP contribution is 2.35. The number of amides is 1. The van der Waals surface area contributed by atoms with Gasteiger partial charge in [-0.3, -0.25) is 19.1 Å². The van der Waals surface area contributed by atoms with Crippen molar-refractivity contribution >= 4 is 24.5 Å².